The molecule has 33 heavy (non-hydrogen) atoms. The third-order valence-corrected chi connectivity index (χ3v) is 7.24. The van der Waals surface area contributed by atoms with E-state index in [1.54, 1.807) is 22.3 Å². The summed E-state index contributed by atoms with van der Waals surface area (Å²) in [5.74, 6) is 0.168. The van der Waals surface area contributed by atoms with Crippen LogP contribution in [0.3, 0.4) is 0 Å². The topological polar surface area (TPSA) is 67.2 Å². The molecule has 168 valence electrons. The minimum Gasteiger partial charge on any atom is -0.340 e. The minimum atomic E-state index is 0.168. The van der Waals surface area contributed by atoms with Crippen LogP contribution < -0.4 is 0 Å². The Labute approximate surface area is 201 Å². The number of thiophene rings is 1. The molecule has 0 radical (unpaired) electrons. The molecule has 0 saturated carbocycles. The largest absolute Gasteiger partial charge is 0.340 e. The van der Waals surface area contributed by atoms with Crippen LogP contribution >= 0.6 is 22.9 Å². The van der Waals surface area contributed by atoms with Gasteiger partial charge in [-0.15, -0.1) is 16.4 Å². The third kappa shape index (κ3) is 5.13. The number of benzene rings is 2. The lowest BCUT2D eigenvalue weighted by molar-refractivity contribution is -0.132. The number of tetrazole rings is 1. The van der Waals surface area contributed by atoms with Crippen LogP contribution in [0.15, 0.2) is 67.0 Å². The SMILES string of the molecule is O=C(Cc1ccc(-n2cnnn2)cc1)N1CCN(Cc2ccc(-c3ccccc3Cl)s2)CC1. The molecule has 0 spiro atoms. The molecule has 0 bridgehead atoms. The standard InChI is InChI=1S/C24H23ClN6OS/c25-22-4-2-1-3-21(22)23-10-9-20(33-23)16-29-11-13-30(14-12-29)24(32)15-18-5-7-19(8-6-18)31-17-26-27-28-31/h1-10,17H,11-16H2. The van der Waals surface area contributed by atoms with E-state index in [-0.39, 0.29) is 5.91 Å². The number of rotatable bonds is 6. The lowest BCUT2D eigenvalue weighted by Gasteiger charge is -2.34. The predicted molar refractivity (Wildman–Crippen MR) is 129 cm³/mol. The van der Waals surface area contributed by atoms with E-state index in [9.17, 15) is 4.79 Å². The minimum absolute atomic E-state index is 0.168. The van der Waals surface area contributed by atoms with Crippen molar-refractivity contribution in [2.24, 2.45) is 0 Å². The van der Waals surface area contributed by atoms with Crippen LogP contribution in [0.25, 0.3) is 16.1 Å². The summed E-state index contributed by atoms with van der Waals surface area (Å²) in [6.07, 6.45) is 1.95. The zero-order valence-electron chi connectivity index (χ0n) is 18.0. The number of carbonyl (C=O) groups is 1. The Hall–Kier alpha value is -3.07. The number of halogens is 1. The third-order valence-electron chi connectivity index (χ3n) is 5.81. The van der Waals surface area contributed by atoms with Crippen molar-refractivity contribution in [1.82, 2.24) is 30.0 Å². The van der Waals surface area contributed by atoms with E-state index in [4.69, 9.17) is 11.6 Å². The summed E-state index contributed by atoms with van der Waals surface area (Å²) in [6, 6.07) is 20.0. The summed E-state index contributed by atoms with van der Waals surface area (Å²) in [4.78, 5) is 19.7. The molecule has 1 aliphatic heterocycles. The van der Waals surface area contributed by atoms with Gasteiger partial charge < -0.3 is 4.90 Å². The lowest BCUT2D eigenvalue weighted by atomic mass is 10.1. The van der Waals surface area contributed by atoms with Crippen LogP contribution in [0.5, 0.6) is 0 Å². The summed E-state index contributed by atoms with van der Waals surface area (Å²) in [7, 11) is 0. The summed E-state index contributed by atoms with van der Waals surface area (Å²) in [5.41, 5.74) is 2.94. The van der Waals surface area contributed by atoms with Crippen LogP contribution in [-0.2, 0) is 17.8 Å². The van der Waals surface area contributed by atoms with Gasteiger partial charge in [-0.05, 0) is 46.3 Å². The van der Waals surface area contributed by atoms with Gasteiger partial charge in [0.15, 0.2) is 0 Å². The Balaban J connectivity index is 1.12. The van der Waals surface area contributed by atoms with Crippen molar-refractivity contribution in [3.63, 3.8) is 0 Å². The number of nitrogens with zero attached hydrogens (tertiary/aromatic N) is 6. The molecule has 3 heterocycles. The highest BCUT2D eigenvalue weighted by Gasteiger charge is 2.22. The number of hydrogen-bond acceptors (Lipinski definition) is 6. The van der Waals surface area contributed by atoms with Gasteiger partial charge in [0.1, 0.15) is 6.33 Å². The fourth-order valence-electron chi connectivity index (χ4n) is 3.98. The highest BCUT2D eigenvalue weighted by atomic mass is 35.5. The van der Waals surface area contributed by atoms with Gasteiger partial charge in [-0.3, -0.25) is 9.69 Å². The van der Waals surface area contributed by atoms with E-state index in [0.717, 1.165) is 54.6 Å². The second-order valence-corrected chi connectivity index (χ2v) is 9.58. The molecule has 9 heteroatoms. The second-order valence-electron chi connectivity index (χ2n) is 8.00. The molecule has 4 aromatic rings. The molecule has 1 saturated heterocycles. The lowest BCUT2D eigenvalue weighted by Crippen LogP contribution is -2.48. The van der Waals surface area contributed by atoms with Crippen molar-refractivity contribution >= 4 is 28.8 Å². The van der Waals surface area contributed by atoms with Crippen molar-refractivity contribution in [1.29, 1.82) is 0 Å². The molecule has 1 aliphatic rings. The molecule has 0 unspecified atom stereocenters. The first kappa shape index (κ1) is 21.8. The number of carbonyl (C=O) groups excluding carboxylic acids is 1. The molecule has 0 atom stereocenters. The summed E-state index contributed by atoms with van der Waals surface area (Å²) < 4.78 is 1.59. The average molecular weight is 479 g/mol. The van der Waals surface area contributed by atoms with Crippen LogP contribution in [-0.4, -0.2) is 62.1 Å². The van der Waals surface area contributed by atoms with E-state index in [1.165, 1.54) is 9.75 Å². The van der Waals surface area contributed by atoms with Crippen molar-refractivity contribution < 1.29 is 4.79 Å². The van der Waals surface area contributed by atoms with Crippen molar-refractivity contribution in [3.05, 3.63) is 82.5 Å². The quantitative estimate of drug-likeness (QED) is 0.420. The van der Waals surface area contributed by atoms with E-state index in [2.05, 4.69) is 38.6 Å². The molecule has 2 aromatic heterocycles. The Kier molecular flexibility index (Phi) is 6.48. The van der Waals surface area contributed by atoms with Gasteiger partial charge in [-0.2, -0.15) is 0 Å². The maximum atomic E-state index is 12.8. The number of piperazine rings is 1. The average Bonchev–Trinajstić information content (AvgIpc) is 3.53. The first-order valence-corrected chi connectivity index (χ1v) is 12.0. The van der Waals surface area contributed by atoms with Gasteiger partial charge in [0.25, 0.3) is 0 Å². The van der Waals surface area contributed by atoms with Crippen molar-refractivity contribution in [2.45, 2.75) is 13.0 Å². The maximum Gasteiger partial charge on any atom is 0.227 e. The monoisotopic (exact) mass is 478 g/mol. The number of aromatic nitrogens is 4. The van der Waals surface area contributed by atoms with Crippen LogP contribution in [0.2, 0.25) is 5.02 Å². The van der Waals surface area contributed by atoms with Gasteiger partial charge in [0.05, 0.1) is 12.1 Å². The van der Waals surface area contributed by atoms with Gasteiger partial charge in [-0.1, -0.05) is 41.9 Å². The maximum absolute atomic E-state index is 12.8. The molecule has 1 fully saturated rings. The van der Waals surface area contributed by atoms with Crippen LogP contribution in [0, 0.1) is 0 Å². The van der Waals surface area contributed by atoms with Crippen molar-refractivity contribution in [2.75, 3.05) is 26.2 Å². The van der Waals surface area contributed by atoms with Crippen LogP contribution in [0.1, 0.15) is 10.4 Å². The smallest absolute Gasteiger partial charge is 0.227 e. The highest BCUT2D eigenvalue weighted by Crippen LogP contribution is 2.33. The molecule has 2 aromatic carbocycles. The Morgan fingerprint density at radius 2 is 1.76 bits per heavy atom. The summed E-state index contributed by atoms with van der Waals surface area (Å²) in [6.45, 7) is 4.16. The Morgan fingerprint density at radius 3 is 2.48 bits per heavy atom. The number of hydrogen-bond donors (Lipinski definition) is 0. The van der Waals surface area contributed by atoms with Crippen LogP contribution in [0.4, 0.5) is 0 Å². The first-order chi connectivity index (χ1) is 16.2. The van der Waals surface area contributed by atoms with Gasteiger partial charge in [0.2, 0.25) is 5.91 Å². The van der Waals surface area contributed by atoms with E-state index in [0.29, 0.717) is 6.42 Å². The molecule has 0 N–H and O–H groups in total. The molecule has 5 rings (SSSR count). The summed E-state index contributed by atoms with van der Waals surface area (Å²) in [5, 5.41) is 11.9. The molecule has 0 aliphatic carbocycles. The van der Waals surface area contributed by atoms with E-state index >= 15 is 0 Å². The predicted octanol–water partition coefficient (Wildman–Crippen LogP) is 3.93. The normalized spacial score (nSPS) is 14.5. The molecular formula is C24H23ClN6OS. The number of amides is 1. The van der Waals surface area contributed by atoms with E-state index in [1.807, 2.05) is 47.4 Å². The molecule has 1 amide bonds. The van der Waals surface area contributed by atoms with Gasteiger partial charge >= 0.3 is 0 Å². The molecular weight excluding hydrogens is 456 g/mol. The zero-order chi connectivity index (χ0) is 22.6. The Bertz CT molecular complexity index is 1220. The Morgan fingerprint density at radius 1 is 0.970 bits per heavy atom. The van der Waals surface area contributed by atoms with Gasteiger partial charge in [-0.25, -0.2) is 4.68 Å². The fourth-order valence-corrected chi connectivity index (χ4v) is 5.36. The molecule has 7 nitrogen and oxygen atoms in total. The fraction of sp³-hybridized carbons (Fsp3) is 0.250. The second kappa shape index (κ2) is 9.82. The summed E-state index contributed by atoms with van der Waals surface area (Å²) >= 11 is 8.13. The van der Waals surface area contributed by atoms with E-state index < -0.39 is 0 Å². The zero-order valence-corrected chi connectivity index (χ0v) is 19.5. The first-order valence-electron chi connectivity index (χ1n) is 10.8. The van der Waals surface area contributed by atoms with Gasteiger partial charge in [0, 0.05) is 53.1 Å². The van der Waals surface area contributed by atoms with Crippen molar-refractivity contribution in [3.8, 4) is 16.1 Å². The highest BCUT2D eigenvalue weighted by molar-refractivity contribution is 7.15.